The molecule has 2 aliphatic rings. The molecular weight excluding hydrogens is 380 g/mol. The zero-order valence-electron chi connectivity index (χ0n) is 17.8. The van der Waals surface area contributed by atoms with E-state index in [1.54, 1.807) is 15.8 Å². The zero-order valence-corrected chi connectivity index (χ0v) is 17.8. The van der Waals surface area contributed by atoms with Crippen LogP contribution < -0.4 is 15.0 Å². The summed E-state index contributed by atoms with van der Waals surface area (Å²) in [5.74, 6) is 1.72. The average Bonchev–Trinajstić information content (AvgIpc) is 3.14. The summed E-state index contributed by atoms with van der Waals surface area (Å²) in [4.78, 5) is 21.4. The van der Waals surface area contributed by atoms with Gasteiger partial charge in [-0.15, -0.1) is 0 Å². The molecule has 1 aromatic heterocycles. The Morgan fingerprint density at radius 3 is 2.80 bits per heavy atom. The molecular formula is C22H30N6O2. The second kappa shape index (κ2) is 9.19. The third-order valence-electron chi connectivity index (χ3n) is 5.58. The van der Waals surface area contributed by atoms with Crippen LogP contribution in [-0.4, -0.2) is 58.8 Å². The predicted molar refractivity (Wildman–Crippen MR) is 117 cm³/mol. The number of anilines is 1. The maximum absolute atomic E-state index is 12.8. The van der Waals surface area contributed by atoms with Gasteiger partial charge < -0.3 is 19.9 Å². The van der Waals surface area contributed by atoms with Crippen molar-refractivity contribution in [2.75, 3.05) is 31.1 Å². The first-order valence-electron chi connectivity index (χ1n) is 10.7. The number of hydrogen-bond donors (Lipinski definition) is 1. The van der Waals surface area contributed by atoms with Crippen molar-refractivity contribution in [1.82, 2.24) is 20.0 Å². The van der Waals surface area contributed by atoms with Gasteiger partial charge in [-0.3, -0.25) is 9.48 Å². The quantitative estimate of drug-likeness (QED) is 0.584. The molecule has 8 nitrogen and oxygen atoms in total. The predicted octanol–water partition coefficient (Wildman–Crippen LogP) is 2.17. The highest BCUT2D eigenvalue weighted by Crippen LogP contribution is 2.28. The molecule has 1 saturated carbocycles. The Morgan fingerprint density at radius 2 is 2.13 bits per heavy atom. The molecule has 1 aromatic carbocycles. The van der Waals surface area contributed by atoms with E-state index in [4.69, 9.17) is 9.73 Å². The maximum Gasteiger partial charge on any atom is 0.246 e. The summed E-state index contributed by atoms with van der Waals surface area (Å²) in [5.41, 5.74) is 1.91. The van der Waals surface area contributed by atoms with E-state index in [1.165, 1.54) is 6.42 Å². The second-order valence-electron chi connectivity index (χ2n) is 7.79. The Morgan fingerprint density at radius 1 is 1.30 bits per heavy atom. The summed E-state index contributed by atoms with van der Waals surface area (Å²) in [7, 11) is 1.85. The number of nitrogens with one attached hydrogen (secondary N) is 1. The molecule has 0 unspecified atom stereocenters. The number of aromatic nitrogens is 2. The molecule has 1 saturated heterocycles. The van der Waals surface area contributed by atoms with E-state index in [9.17, 15) is 4.79 Å². The monoisotopic (exact) mass is 410 g/mol. The summed E-state index contributed by atoms with van der Waals surface area (Å²) in [6.07, 6.45) is 7.43. The first-order valence-corrected chi connectivity index (χ1v) is 10.7. The number of guanidine groups is 1. The number of piperazine rings is 1. The number of carbonyl (C=O) groups excluding carboxylic acids is 1. The Balaban J connectivity index is 1.44. The van der Waals surface area contributed by atoms with Gasteiger partial charge >= 0.3 is 0 Å². The van der Waals surface area contributed by atoms with E-state index < -0.39 is 0 Å². The number of ether oxygens (including phenoxy) is 1. The van der Waals surface area contributed by atoms with Gasteiger partial charge in [-0.05, 0) is 32.3 Å². The molecule has 2 heterocycles. The van der Waals surface area contributed by atoms with Crippen LogP contribution in [-0.2, 0) is 18.4 Å². The molecule has 2 fully saturated rings. The van der Waals surface area contributed by atoms with Crippen LogP contribution in [0.1, 0.15) is 31.7 Å². The summed E-state index contributed by atoms with van der Waals surface area (Å²) >= 11 is 0. The number of benzene rings is 1. The highest BCUT2D eigenvalue weighted by Gasteiger charge is 2.27. The SMILES string of the molecule is CCNC(=NCc1ccccc1OC1CCC1)N1CCN(c2cnn(C)c2)C(=O)C1. The Labute approximate surface area is 177 Å². The highest BCUT2D eigenvalue weighted by atomic mass is 16.5. The van der Waals surface area contributed by atoms with Gasteiger partial charge in [0, 0.05) is 38.4 Å². The standard InChI is InChI=1S/C22H30N6O2/c1-3-23-22(24-13-17-7-4-5-10-20(17)30-19-8-6-9-19)27-11-12-28(21(29)16-27)18-14-25-26(2)15-18/h4-5,7,10,14-15,19H,3,6,8-9,11-13,16H2,1-2H3,(H,23,24). The van der Waals surface area contributed by atoms with Gasteiger partial charge in [-0.1, -0.05) is 18.2 Å². The van der Waals surface area contributed by atoms with Crippen LogP contribution in [0.5, 0.6) is 5.75 Å². The van der Waals surface area contributed by atoms with Crippen LogP contribution in [0.4, 0.5) is 5.69 Å². The summed E-state index contributed by atoms with van der Waals surface area (Å²) in [6, 6.07) is 8.10. The highest BCUT2D eigenvalue weighted by molar-refractivity contribution is 5.98. The van der Waals surface area contributed by atoms with Gasteiger partial charge in [0.25, 0.3) is 0 Å². The molecule has 0 atom stereocenters. The number of para-hydroxylation sites is 1. The lowest BCUT2D eigenvalue weighted by molar-refractivity contribution is -0.120. The molecule has 4 rings (SSSR count). The minimum absolute atomic E-state index is 0.0496. The Hall–Kier alpha value is -3.03. The first-order chi connectivity index (χ1) is 14.6. The van der Waals surface area contributed by atoms with Crippen molar-refractivity contribution in [1.29, 1.82) is 0 Å². The van der Waals surface area contributed by atoms with E-state index in [1.807, 2.05) is 43.3 Å². The van der Waals surface area contributed by atoms with Gasteiger partial charge in [0.05, 0.1) is 24.5 Å². The number of aryl methyl sites for hydroxylation is 1. The van der Waals surface area contributed by atoms with Crippen molar-refractivity contribution in [2.24, 2.45) is 12.0 Å². The number of amides is 1. The number of aliphatic imine (C=N–C) groups is 1. The lowest BCUT2D eigenvalue weighted by Gasteiger charge is -2.35. The molecule has 1 N–H and O–H groups in total. The van der Waals surface area contributed by atoms with Gasteiger partial charge in [0.2, 0.25) is 5.91 Å². The molecule has 1 amide bonds. The van der Waals surface area contributed by atoms with Crippen LogP contribution in [0.25, 0.3) is 0 Å². The lowest BCUT2D eigenvalue weighted by Crippen LogP contribution is -2.55. The fraction of sp³-hybridized carbons (Fsp3) is 0.500. The topological polar surface area (TPSA) is 75.0 Å². The van der Waals surface area contributed by atoms with Crippen LogP contribution in [0, 0.1) is 0 Å². The average molecular weight is 411 g/mol. The third kappa shape index (κ3) is 4.58. The van der Waals surface area contributed by atoms with E-state index in [-0.39, 0.29) is 5.91 Å². The molecule has 0 spiro atoms. The molecule has 0 radical (unpaired) electrons. The minimum atomic E-state index is 0.0496. The van der Waals surface area contributed by atoms with Gasteiger partial charge in [0.15, 0.2) is 5.96 Å². The Bertz CT molecular complexity index is 905. The molecule has 1 aliphatic carbocycles. The third-order valence-corrected chi connectivity index (χ3v) is 5.58. The fourth-order valence-electron chi connectivity index (χ4n) is 3.68. The van der Waals surface area contributed by atoms with E-state index in [0.29, 0.717) is 32.3 Å². The van der Waals surface area contributed by atoms with Crippen molar-refractivity contribution in [3.8, 4) is 5.75 Å². The molecule has 2 aromatic rings. The van der Waals surface area contributed by atoms with Gasteiger partial charge in [0.1, 0.15) is 12.3 Å². The number of hydrogen-bond acceptors (Lipinski definition) is 4. The summed E-state index contributed by atoms with van der Waals surface area (Å²) in [5, 5.41) is 7.51. The fourth-order valence-corrected chi connectivity index (χ4v) is 3.68. The van der Waals surface area contributed by atoms with E-state index in [2.05, 4.69) is 16.5 Å². The summed E-state index contributed by atoms with van der Waals surface area (Å²) < 4.78 is 7.84. The van der Waals surface area contributed by atoms with Crippen LogP contribution >= 0.6 is 0 Å². The van der Waals surface area contributed by atoms with Crippen LogP contribution in [0.2, 0.25) is 0 Å². The van der Waals surface area contributed by atoms with Gasteiger partial charge in [-0.25, -0.2) is 4.99 Å². The zero-order chi connectivity index (χ0) is 20.9. The molecule has 0 bridgehead atoms. The smallest absolute Gasteiger partial charge is 0.246 e. The maximum atomic E-state index is 12.8. The molecule has 8 heteroatoms. The van der Waals surface area contributed by atoms with Crippen molar-refractivity contribution >= 4 is 17.6 Å². The van der Waals surface area contributed by atoms with Crippen LogP contribution in [0.15, 0.2) is 41.7 Å². The van der Waals surface area contributed by atoms with Gasteiger partial charge in [-0.2, -0.15) is 5.10 Å². The Kier molecular flexibility index (Phi) is 6.21. The molecule has 30 heavy (non-hydrogen) atoms. The molecule has 160 valence electrons. The number of nitrogens with zero attached hydrogens (tertiary/aromatic N) is 5. The lowest BCUT2D eigenvalue weighted by atomic mass is 9.96. The number of carbonyl (C=O) groups is 1. The summed E-state index contributed by atoms with van der Waals surface area (Å²) in [6.45, 7) is 4.92. The van der Waals surface area contributed by atoms with Crippen molar-refractivity contribution < 1.29 is 9.53 Å². The van der Waals surface area contributed by atoms with E-state index in [0.717, 1.165) is 42.3 Å². The van der Waals surface area contributed by atoms with Crippen molar-refractivity contribution in [2.45, 2.75) is 38.8 Å². The van der Waals surface area contributed by atoms with Crippen molar-refractivity contribution in [3.63, 3.8) is 0 Å². The van der Waals surface area contributed by atoms with E-state index >= 15 is 0 Å². The van der Waals surface area contributed by atoms with Crippen molar-refractivity contribution in [3.05, 3.63) is 42.2 Å². The normalized spacial score (nSPS) is 17.8. The number of rotatable bonds is 6. The molecule has 1 aliphatic heterocycles. The first kappa shape index (κ1) is 20.3. The van der Waals surface area contributed by atoms with Crippen LogP contribution in [0.3, 0.4) is 0 Å². The second-order valence-corrected chi connectivity index (χ2v) is 7.79. The largest absolute Gasteiger partial charge is 0.490 e. The minimum Gasteiger partial charge on any atom is -0.490 e.